The minimum absolute atomic E-state index is 0.385. The minimum atomic E-state index is 0.385. The van der Waals surface area contributed by atoms with Gasteiger partial charge < -0.3 is 4.90 Å². The van der Waals surface area contributed by atoms with E-state index in [1.54, 1.807) is 77.0 Å². The molecule has 2 aromatic rings. The van der Waals surface area contributed by atoms with E-state index in [-0.39, 0.29) is 0 Å². The van der Waals surface area contributed by atoms with Gasteiger partial charge in [-0.15, -0.1) is 35.9 Å². The summed E-state index contributed by atoms with van der Waals surface area (Å²) in [5.41, 5.74) is 7.16. The molecule has 0 aliphatic heterocycles. The number of halogens is 1. The van der Waals surface area contributed by atoms with Crippen LogP contribution in [0.1, 0.15) is 96.3 Å². The second-order valence-electron chi connectivity index (χ2n) is 11.0. The quantitative estimate of drug-likeness (QED) is 0.183. The van der Waals surface area contributed by atoms with Gasteiger partial charge in [-0.05, 0) is 61.6 Å². The standard InChI is InChI=1S/C18H33P.C14H14N.ClH.Pd/c1-4-10-16(11-5-1)19(17-12-6-2-7-13-17)18-14-8-3-9-15-18;1-15(2)14-11-7-6-10-13(14)12-8-4-3-5-9-12;;/h16-18H,1-15H2;3-8,10-11H,1-2H3;1H;/q;-1;;+2/p-1. The summed E-state index contributed by atoms with van der Waals surface area (Å²) in [7, 11) is 8.99. The molecule has 0 amide bonds. The molecular formula is C32H47ClNPPd. The molecule has 0 bridgehead atoms. The number of rotatable bonds is 5. The topological polar surface area (TPSA) is 3.24 Å². The fraction of sp³-hybridized carbons (Fsp3) is 0.625. The van der Waals surface area contributed by atoms with E-state index >= 15 is 0 Å². The van der Waals surface area contributed by atoms with Crippen LogP contribution in [-0.2, 0) is 18.2 Å². The number of para-hydroxylation sites is 1. The molecule has 4 heteroatoms. The number of nitrogens with zero attached hydrogens (tertiary/aromatic N) is 1. The zero-order valence-corrected chi connectivity index (χ0v) is 25.8. The van der Waals surface area contributed by atoms with Crippen LogP contribution in [0.5, 0.6) is 0 Å². The average Bonchev–Trinajstić information content (AvgIpc) is 2.97. The van der Waals surface area contributed by atoms with E-state index in [2.05, 4.69) is 83.1 Å². The molecule has 3 aliphatic rings. The third-order valence-corrected chi connectivity index (χ3v) is 12.5. The van der Waals surface area contributed by atoms with Crippen LogP contribution in [0.2, 0.25) is 0 Å². The van der Waals surface area contributed by atoms with E-state index < -0.39 is 0 Å². The number of anilines is 1. The zero-order valence-electron chi connectivity index (χ0n) is 22.5. The fourth-order valence-electron chi connectivity index (χ4n) is 6.68. The van der Waals surface area contributed by atoms with Crippen LogP contribution in [0.25, 0.3) is 11.1 Å². The van der Waals surface area contributed by atoms with E-state index in [0.717, 1.165) is 5.56 Å². The second kappa shape index (κ2) is 17.3. The van der Waals surface area contributed by atoms with Gasteiger partial charge in [0.1, 0.15) is 0 Å². The first-order chi connectivity index (χ1) is 17.7. The Bertz CT molecular complexity index is 784. The Morgan fingerprint density at radius 2 is 1.11 bits per heavy atom. The van der Waals surface area contributed by atoms with Crippen molar-refractivity contribution in [1.82, 2.24) is 0 Å². The van der Waals surface area contributed by atoms with Crippen LogP contribution >= 0.6 is 17.5 Å². The van der Waals surface area contributed by atoms with E-state index in [1.165, 1.54) is 47.5 Å². The molecule has 3 aliphatic carbocycles. The first kappa shape index (κ1) is 30.2. The Hall–Kier alpha value is -0.378. The molecule has 5 rings (SSSR count). The van der Waals surface area contributed by atoms with Crippen molar-refractivity contribution in [2.24, 2.45) is 0 Å². The van der Waals surface area contributed by atoms with Gasteiger partial charge in [0.25, 0.3) is 0 Å². The SMILES string of the molecule is C1CCC(P(C2CCCCC2)C2CCCCC2)CC1.CN(C)c1ccccc1-c1[c-]cccc1.[Cl][Pd+]. The van der Waals surface area contributed by atoms with Crippen molar-refractivity contribution < 1.29 is 18.2 Å². The van der Waals surface area contributed by atoms with Gasteiger partial charge >= 0.3 is 27.7 Å². The molecule has 0 heterocycles. The maximum atomic E-state index is 4.49. The predicted molar refractivity (Wildman–Crippen MR) is 158 cm³/mol. The molecule has 3 saturated carbocycles. The molecule has 3 fully saturated rings. The van der Waals surface area contributed by atoms with Gasteiger partial charge in [0, 0.05) is 19.8 Å². The van der Waals surface area contributed by atoms with Crippen molar-refractivity contribution in [1.29, 1.82) is 0 Å². The number of benzene rings is 2. The van der Waals surface area contributed by atoms with Gasteiger partial charge in [0.15, 0.2) is 0 Å². The van der Waals surface area contributed by atoms with Crippen molar-refractivity contribution in [3.63, 3.8) is 0 Å². The average molecular weight is 619 g/mol. The van der Waals surface area contributed by atoms with Crippen LogP contribution in [0.3, 0.4) is 0 Å². The Kier molecular flexibility index (Phi) is 14.5. The molecular weight excluding hydrogens is 571 g/mol. The van der Waals surface area contributed by atoms with Crippen LogP contribution < -0.4 is 4.90 Å². The second-order valence-corrected chi connectivity index (χ2v) is 14.1. The summed E-state index contributed by atoms with van der Waals surface area (Å²) in [6, 6.07) is 19.7. The van der Waals surface area contributed by atoms with Crippen LogP contribution in [0, 0.1) is 6.07 Å². The Morgan fingerprint density at radius 1 is 0.667 bits per heavy atom. The third-order valence-electron chi connectivity index (χ3n) is 8.37. The van der Waals surface area contributed by atoms with Gasteiger partial charge in [-0.3, -0.25) is 0 Å². The predicted octanol–water partition coefficient (Wildman–Crippen LogP) is 10.4. The van der Waals surface area contributed by atoms with Gasteiger partial charge in [-0.1, -0.05) is 89.5 Å². The summed E-state index contributed by atoms with van der Waals surface area (Å²) in [5.74, 6) is 0. The van der Waals surface area contributed by atoms with Gasteiger partial charge in [-0.2, -0.15) is 0 Å². The zero-order chi connectivity index (χ0) is 25.6. The van der Waals surface area contributed by atoms with Crippen molar-refractivity contribution in [3.8, 4) is 11.1 Å². The van der Waals surface area contributed by atoms with E-state index in [0.29, 0.717) is 7.92 Å². The molecule has 0 unspecified atom stereocenters. The van der Waals surface area contributed by atoms with Crippen molar-refractivity contribution in [2.75, 3.05) is 19.0 Å². The van der Waals surface area contributed by atoms with Crippen LogP contribution in [-0.4, -0.2) is 31.1 Å². The summed E-state index contributed by atoms with van der Waals surface area (Å²) in [4.78, 5) is 2.12. The maximum absolute atomic E-state index is 4.49. The first-order valence-electron chi connectivity index (χ1n) is 14.4. The van der Waals surface area contributed by atoms with Crippen molar-refractivity contribution in [3.05, 3.63) is 54.6 Å². The summed E-state index contributed by atoms with van der Waals surface area (Å²) in [5, 5.41) is 0. The van der Waals surface area contributed by atoms with E-state index in [4.69, 9.17) is 0 Å². The molecule has 0 N–H and O–H groups in total. The molecule has 202 valence electrons. The van der Waals surface area contributed by atoms with Crippen LogP contribution in [0.15, 0.2) is 48.5 Å². The summed E-state index contributed by atoms with van der Waals surface area (Å²) >= 11 is 2.22. The molecule has 0 saturated heterocycles. The van der Waals surface area contributed by atoms with E-state index in [9.17, 15) is 0 Å². The number of hydrogen-bond acceptors (Lipinski definition) is 1. The Morgan fingerprint density at radius 3 is 1.53 bits per heavy atom. The molecule has 2 aromatic carbocycles. The molecule has 36 heavy (non-hydrogen) atoms. The molecule has 1 nitrogen and oxygen atoms in total. The molecule has 0 aromatic heterocycles. The normalized spacial score (nSPS) is 19.6. The van der Waals surface area contributed by atoms with Gasteiger partial charge in [0.05, 0.1) is 0 Å². The fourth-order valence-corrected chi connectivity index (χ4v) is 11.4. The number of hydrogen-bond donors (Lipinski definition) is 0. The van der Waals surface area contributed by atoms with Crippen molar-refractivity contribution >= 4 is 23.1 Å². The molecule has 0 spiro atoms. The van der Waals surface area contributed by atoms with Gasteiger partial charge in [0.2, 0.25) is 0 Å². The van der Waals surface area contributed by atoms with Gasteiger partial charge in [-0.25, -0.2) is 0 Å². The molecule has 0 radical (unpaired) electrons. The molecule has 0 atom stereocenters. The third kappa shape index (κ3) is 9.12. The summed E-state index contributed by atoms with van der Waals surface area (Å²) in [6.07, 6.45) is 23.6. The summed E-state index contributed by atoms with van der Waals surface area (Å²) < 4.78 is 0. The van der Waals surface area contributed by atoms with Crippen LogP contribution in [0.4, 0.5) is 5.69 Å². The Balaban J connectivity index is 0.000000193. The first-order valence-corrected chi connectivity index (χ1v) is 17.9. The van der Waals surface area contributed by atoms with E-state index in [1.807, 2.05) is 18.2 Å². The summed E-state index contributed by atoms with van der Waals surface area (Å²) in [6.45, 7) is 0. The monoisotopic (exact) mass is 617 g/mol. The van der Waals surface area contributed by atoms with Crippen molar-refractivity contribution in [2.45, 2.75) is 113 Å². The Labute approximate surface area is 238 Å².